The van der Waals surface area contributed by atoms with Gasteiger partial charge in [-0.3, -0.25) is 0 Å². The SMILES string of the molecule is ClCc1cc(Br)c(OCCOc2ccc(Br)cc2)c(Br)c1. The van der Waals surface area contributed by atoms with Gasteiger partial charge in [-0.2, -0.15) is 0 Å². The Hall–Kier alpha value is -0.230. The quantitative estimate of drug-likeness (QED) is 0.350. The second-order valence-corrected chi connectivity index (χ2v) is 7.06. The molecule has 0 aliphatic carbocycles. The maximum Gasteiger partial charge on any atom is 0.147 e. The standard InChI is InChI=1S/C15H12Br3ClO2/c16-11-1-3-12(4-2-11)20-5-6-21-15-13(17)7-10(9-19)8-14(15)18/h1-4,7-8H,5-6,9H2. The van der Waals surface area contributed by atoms with Crippen molar-refractivity contribution in [2.24, 2.45) is 0 Å². The van der Waals surface area contributed by atoms with Gasteiger partial charge in [-0.15, -0.1) is 11.6 Å². The molecule has 6 heteroatoms. The van der Waals surface area contributed by atoms with E-state index in [0.717, 1.165) is 30.5 Å². The second-order valence-electron chi connectivity index (χ2n) is 4.17. The highest BCUT2D eigenvalue weighted by Crippen LogP contribution is 2.35. The zero-order valence-electron chi connectivity index (χ0n) is 10.9. The van der Waals surface area contributed by atoms with Crippen molar-refractivity contribution in [3.63, 3.8) is 0 Å². The maximum absolute atomic E-state index is 5.82. The van der Waals surface area contributed by atoms with Gasteiger partial charge in [-0.05, 0) is 73.8 Å². The molecule has 0 aliphatic rings. The van der Waals surface area contributed by atoms with Crippen molar-refractivity contribution in [3.8, 4) is 11.5 Å². The molecular formula is C15H12Br3ClO2. The summed E-state index contributed by atoms with van der Waals surface area (Å²) in [5.74, 6) is 2.03. The van der Waals surface area contributed by atoms with Crippen molar-refractivity contribution in [2.75, 3.05) is 13.2 Å². The first-order chi connectivity index (χ1) is 10.1. The fourth-order valence-electron chi connectivity index (χ4n) is 1.66. The van der Waals surface area contributed by atoms with Gasteiger partial charge >= 0.3 is 0 Å². The first kappa shape index (κ1) is 17.1. The molecule has 0 aromatic heterocycles. The third kappa shape index (κ3) is 5.16. The van der Waals surface area contributed by atoms with Gasteiger partial charge in [0.15, 0.2) is 0 Å². The molecule has 0 radical (unpaired) electrons. The predicted octanol–water partition coefficient (Wildman–Crippen LogP) is 6.17. The van der Waals surface area contributed by atoms with E-state index in [0.29, 0.717) is 19.1 Å². The number of halogens is 4. The predicted molar refractivity (Wildman–Crippen MR) is 96.5 cm³/mol. The first-order valence-corrected chi connectivity index (χ1v) is 9.06. The highest BCUT2D eigenvalue weighted by Gasteiger charge is 2.08. The number of ether oxygens (including phenoxy) is 2. The van der Waals surface area contributed by atoms with Crippen LogP contribution in [0.2, 0.25) is 0 Å². The second kappa shape index (κ2) is 8.42. The Bertz CT molecular complexity index is 579. The summed E-state index contributed by atoms with van der Waals surface area (Å²) in [5, 5.41) is 0. The Morgan fingerprint density at radius 2 is 1.43 bits per heavy atom. The summed E-state index contributed by atoms with van der Waals surface area (Å²) in [5.41, 5.74) is 1.02. The van der Waals surface area contributed by atoms with Gasteiger partial charge in [0.05, 0.1) is 8.95 Å². The monoisotopic (exact) mass is 496 g/mol. The number of rotatable bonds is 6. The number of hydrogen-bond acceptors (Lipinski definition) is 2. The summed E-state index contributed by atoms with van der Waals surface area (Å²) in [6, 6.07) is 11.6. The Labute approximate surface area is 154 Å². The van der Waals surface area contributed by atoms with Gasteiger partial charge in [0.2, 0.25) is 0 Å². The third-order valence-electron chi connectivity index (χ3n) is 2.62. The molecule has 0 aliphatic heterocycles. The Morgan fingerprint density at radius 3 is 2.00 bits per heavy atom. The lowest BCUT2D eigenvalue weighted by Crippen LogP contribution is -2.09. The summed E-state index contributed by atoms with van der Waals surface area (Å²) < 4.78 is 14.1. The van der Waals surface area contributed by atoms with E-state index < -0.39 is 0 Å². The lowest BCUT2D eigenvalue weighted by atomic mass is 10.2. The van der Waals surface area contributed by atoms with Crippen LogP contribution in [0.5, 0.6) is 11.5 Å². The van der Waals surface area contributed by atoms with E-state index in [1.54, 1.807) is 0 Å². The lowest BCUT2D eigenvalue weighted by molar-refractivity contribution is 0.215. The number of alkyl halides is 1. The Kier molecular flexibility index (Phi) is 6.86. The van der Waals surface area contributed by atoms with E-state index in [2.05, 4.69) is 47.8 Å². The fourth-order valence-corrected chi connectivity index (χ4v) is 3.59. The number of hydrogen-bond donors (Lipinski definition) is 0. The topological polar surface area (TPSA) is 18.5 Å². The molecule has 0 bridgehead atoms. The van der Waals surface area contributed by atoms with Gasteiger partial charge < -0.3 is 9.47 Å². The van der Waals surface area contributed by atoms with Crippen LogP contribution in [0, 0.1) is 0 Å². The summed E-state index contributed by atoms with van der Waals surface area (Å²) in [6.07, 6.45) is 0. The molecule has 0 fully saturated rings. The van der Waals surface area contributed by atoms with Gasteiger partial charge in [-0.25, -0.2) is 0 Å². The molecule has 2 aromatic rings. The molecule has 0 heterocycles. The molecule has 0 amide bonds. The average molecular weight is 499 g/mol. The van der Waals surface area contributed by atoms with Crippen molar-refractivity contribution < 1.29 is 9.47 Å². The smallest absolute Gasteiger partial charge is 0.147 e. The average Bonchev–Trinajstić information content (AvgIpc) is 2.47. The van der Waals surface area contributed by atoms with Crippen molar-refractivity contribution in [1.29, 1.82) is 0 Å². The van der Waals surface area contributed by atoms with E-state index in [1.807, 2.05) is 36.4 Å². The van der Waals surface area contributed by atoms with E-state index in [4.69, 9.17) is 21.1 Å². The largest absolute Gasteiger partial charge is 0.490 e. The van der Waals surface area contributed by atoms with Gasteiger partial charge in [-0.1, -0.05) is 15.9 Å². The summed E-state index contributed by atoms with van der Waals surface area (Å²) in [7, 11) is 0. The van der Waals surface area contributed by atoms with Gasteiger partial charge in [0, 0.05) is 10.4 Å². The molecule has 112 valence electrons. The van der Waals surface area contributed by atoms with Gasteiger partial charge in [0.25, 0.3) is 0 Å². The summed E-state index contributed by atoms with van der Waals surface area (Å²) in [4.78, 5) is 0. The van der Waals surface area contributed by atoms with Gasteiger partial charge in [0.1, 0.15) is 24.7 Å². The minimum absolute atomic E-state index is 0.452. The Morgan fingerprint density at radius 1 is 0.857 bits per heavy atom. The molecule has 21 heavy (non-hydrogen) atoms. The van der Waals surface area contributed by atoms with Crippen LogP contribution in [-0.2, 0) is 5.88 Å². The molecule has 0 saturated carbocycles. The molecule has 0 saturated heterocycles. The lowest BCUT2D eigenvalue weighted by Gasteiger charge is -2.12. The van der Waals surface area contributed by atoms with Crippen LogP contribution in [-0.4, -0.2) is 13.2 Å². The highest BCUT2D eigenvalue weighted by molar-refractivity contribution is 9.11. The van der Waals surface area contributed by atoms with E-state index in [1.165, 1.54) is 0 Å². The van der Waals surface area contributed by atoms with Crippen LogP contribution in [0.1, 0.15) is 5.56 Å². The van der Waals surface area contributed by atoms with Crippen LogP contribution in [0.3, 0.4) is 0 Å². The minimum Gasteiger partial charge on any atom is -0.490 e. The van der Waals surface area contributed by atoms with Crippen LogP contribution >= 0.6 is 59.4 Å². The molecule has 0 unspecified atom stereocenters. The molecule has 2 nitrogen and oxygen atoms in total. The summed E-state index contributed by atoms with van der Waals surface area (Å²) in [6.45, 7) is 0.922. The van der Waals surface area contributed by atoms with E-state index >= 15 is 0 Å². The Balaban J connectivity index is 1.87. The zero-order valence-corrected chi connectivity index (χ0v) is 16.4. The van der Waals surface area contributed by atoms with Crippen LogP contribution < -0.4 is 9.47 Å². The maximum atomic E-state index is 5.82. The molecule has 0 atom stereocenters. The summed E-state index contributed by atoms with van der Waals surface area (Å²) >= 11 is 16.2. The van der Waals surface area contributed by atoms with Crippen molar-refractivity contribution in [1.82, 2.24) is 0 Å². The van der Waals surface area contributed by atoms with Crippen molar-refractivity contribution in [3.05, 3.63) is 55.4 Å². The highest BCUT2D eigenvalue weighted by atomic mass is 79.9. The molecule has 2 rings (SSSR count). The van der Waals surface area contributed by atoms with Crippen molar-refractivity contribution >= 4 is 59.4 Å². The normalized spacial score (nSPS) is 10.5. The molecule has 0 spiro atoms. The minimum atomic E-state index is 0.452. The van der Waals surface area contributed by atoms with Crippen LogP contribution in [0.4, 0.5) is 0 Å². The molecule has 0 N–H and O–H groups in total. The molecule has 2 aromatic carbocycles. The molecular weight excluding hydrogens is 487 g/mol. The zero-order chi connectivity index (χ0) is 15.2. The van der Waals surface area contributed by atoms with Crippen LogP contribution in [0.15, 0.2) is 49.8 Å². The fraction of sp³-hybridized carbons (Fsp3) is 0.200. The third-order valence-corrected chi connectivity index (χ3v) is 4.64. The van der Waals surface area contributed by atoms with Crippen molar-refractivity contribution in [2.45, 2.75) is 5.88 Å². The van der Waals surface area contributed by atoms with E-state index in [9.17, 15) is 0 Å². The van der Waals surface area contributed by atoms with Crippen LogP contribution in [0.25, 0.3) is 0 Å². The van der Waals surface area contributed by atoms with E-state index in [-0.39, 0.29) is 0 Å². The number of benzene rings is 2. The first-order valence-electron chi connectivity index (χ1n) is 6.15.